The van der Waals surface area contributed by atoms with E-state index in [-0.39, 0.29) is 23.9 Å². The van der Waals surface area contributed by atoms with E-state index in [1.54, 1.807) is 6.20 Å². The maximum absolute atomic E-state index is 11.3. The number of hydrogen-bond acceptors (Lipinski definition) is 3. The molecule has 0 aliphatic carbocycles. The lowest BCUT2D eigenvalue weighted by Crippen LogP contribution is -2.10. The molecule has 0 saturated carbocycles. The summed E-state index contributed by atoms with van der Waals surface area (Å²) in [4.78, 5) is 20.5. The Bertz CT molecular complexity index is 487. The smallest absolute Gasteiger partial charge is 0.262 e. The summed E-state index contributed by atoms with van der Waals surface area (Å²) >= 11 is 0. The minimum absolute atomic E-state index is 0. The molecule has 0 unspecified atom stereocenters. The van der Waals surface area contributed by atoms with Crippen LogP contribution in [0.3, 0.4) is 0 Å². The van der Waals surface area contributed by atoms with Crippen molar-refractivity contribution in [2.45, 2.75) is 6.92 Å². The van der Waals surface area contributed by atoms with Gasteiger partial charge in [0.2, 0.25) is 5.95 Å². The molecular weight excluding hydrogens is 192 g/mol. The van der Waals surface area contributed by atoms with E-state index in [1.165, 1.54) is 0 Å². The van der Waals surface area contributed by atoms with Gasteiger partial charge in [-0.3, -0.25) is 9.78 Å². The molecule has 2 rings (SSSR count). The number of nitrogens with two attached hydrogens (primary N) is 1. The Morgan fingerprint density at radius 3 is 2.92 bits per heavy atom. The quantitative estimate of drug-likeness (QED) is 0.581. The number of aromatic nitrogens is 3. The second-order valence-electron chi connectivity index (χ2n) is 2.65. The molecule has 0 atom stereocenters. The van der Waals surface area contributed by atoms with Crippen LogP contribution in [0.15, 0.2) is 11.0 Å². The molecule has 0 saturated heterocycles. The summed E-state index contributed by atoms with van der Waals surface area (Å²) in [7, 11) is 0. The van der Waals surface area contributed by atoms with Crippen LogP contribution in [0.4, 0.5) is 5.95 Å². The van der Waals surface area contributed by atoms with Crippen molar-refractivity contribution >= 4 is 29.4 Å². The number of fused-ring (bicyclic) bond motifs is 1. The van der Waals surface area contributed by atoms with Crippen LogP contribution in [0, 0.1) is 6.92 Å². The van der Waals surface area contributed by atoms with Crippen LogP contribution in [-0.2, 0) is 0 Å². The fourth-order valence-electron chi connectivity index (χ4n) is 1.21. The van der Waals surface area contributed by atoms with E-state index in [0.29, 0.717) is 11.0 Å². The molecule has 0 amide bonds. The normalized spacial score (nSPS) is 9.92. The lowest BCUT2D eigenvalue weighted by molar-refractivity contribution is 1.17. The van der Waals surface area contributed by atoms with Crippen molar-refractivity contribution in [3.05, 3.63) is 22.1 Å². The molecular formula is C7H9ClN4O. The predicted octanol–water partition coefficient (Wildman–Crippen LogP) is 0.564. The molecule has 6 heteroatoms. The van der Waals surface area contributed by atoms with E-state index in [1.807, 2.05) is 6.92 Å². The average molecular weight is 201 g/mol. The Morgan fingerprint density at radius 2 is 2.23 bits per heavy atom. The maximum Gasteiger partial charge on any atom is 0.262 e. The molecule has 0 radical (unpaired) electrons. The van der Waals surface area contributed by atoms with E-state index in [4.69, 9.17) is 5.73 Å². The lowest BCUT2D eigenvalue weighted by atomic mass is 10.3. The highest BCUT2D eigenvalue weighted by Gasteiger charge is 2.05. The Labute approximate surface area is 79.8 Å². The molecule has 70 valence electrons. The van der Waals surface area contributed by atoms with E-state index >= 15 is 0 Å². The van der Waals surface area contributed by atoms with E-state index < -0.39 is 0 Å². The van der Waals surface area contributed by atoms with Gasteiger partial charge in [0, 0.05) is 6.20 Å². The van der Waals surface area contributed by atoms with Crippen molar-refractivity contribution in [2.24, 2.45) is 0 Å². The van der Waals surface area contributed by atoms with Gasteiger partial charge in [0.05, 0.1) is 5.39 Å². The number of anilines is 1. The van der Waals surface area contributed by atoms with Gasteiger partial charge in [-0.25, -0.2) is 0 Å². The first-order chi connectivity index (χ1) is 5.68. The molecule has 5 nitrogen and oxygen atoms in total. The number of aromatic amines is 2. The minimum Gasteiger partial charge on any atom is -0.369 e. The number of nitrogens with one attached hydrogen (secondary N) is 2. The van der Waals surface area contributed by atoms with Crippen molar-refractivity contribution in [2.75, 3.05) is 5.73 Å². The monoisotopic (exact) mass is 200 g/mol. The van der Waals surface area contributed by atoms with Gasteiger partial charge in [-0.05, 0) is 12.5 Å². The third-order valence-electron chi connectivity index (χ3n) is 1.76. The number of nitrogen functional groups attached to an aromatic ring is 1. The minimum atomic E-state index is -0.198. The summed E-state index contributed by atoms with van der Waals surface area (Å²) in [5, 5.41) is 0.573. The summed E-state index contributed by atoms with van der Waals surface area (Å²) in [6.45, 7) is 1.84. The van der Waals surface area contributed by atoms with Crippen molar-refractivity contribution in [1.82, 2.24) is 15.0 Å². The second-order valence-corrected chi connectivity index (χ2v) is 2.65. The highest BCUT2D eigenvalue weighted by Crippen LogP contribution is 2.09. The number of rotatable bonds is 0. The fourth-order valence-corrected chi connectivity index (χ4v) is 1.21. The Kier molecular flexibility index (Phi) is 2.29. The standard InChI is InChI=1S/C7H8N4O.ClH/c1-3-2-9-5-4(3)6(12)11-7(8)10-5;/h2H,1H3,(H4,8,9,10,11,12);1H. The first kappa shape index (κ1) is 9.60. The largest absolute Gasteiger partial charge is 0.369 e. The zero-order valence-corrected chi connectivity index (χ0v) is 7.73. The number of nitrogens with zero attached hydrogens (tertiary/aromatic N) is 1. The van der Waals surface area contributed by atoms with Crippen molar-refractivity contribution in [3.63, 3.8) is 0 Å². The van der Waals surface area contributed by atoms with Gasteiger partial charge in [-0.15, -0.1) is 12.4 Å². The predicted molar refractivity (Wildman–Crippen MR) is 53.1 cm³/mol. The Balaban J connectivity index is 0.000000845. The van der Waals surface area contributed by atoms with Gasteiger partial charge in [-0.2, -0.15) is 4.98 Å². The zero-order chi connectivity index (χ0) is 8.72. The van der Waals surface area contributed by atoms with Gasteiger partial charge >= 0.3 is 0 Å². The highest BCUT2D eigenvalue weighted by molar-refractivity contribution is 5.85. The first-order valence-electron chi connectivity index (χ1n) is 3.52. The first-order valence-corrected chi connectivity index (χ1v) is 3.52. The van der Waals surface area contributed by atoms with Crippen molar-refractivity contribution < 1.29 is 0 Å². The molecule has 2 aromatic heterocycles. The zero-order valence-electron chi connectivity index (χ0n) is 6.92. The Morgan fingerprint density at radius 1 is 1.54 bits per heavy atom. The van der Waals surface area contributed by atoms with Crippen molar-refractivity contribution in [1.29, 1.82) is 0 Å². The SMILES string of the molecule is Cc1c[nH]c2nc(N)[nH]c(=O)c12.Cl. The van der Waals surface area contributed by atoms with Gasteiger partial charge in [0.1, 0.15) is 5.65 Å². The molecule has 4 N–H and O–H groups in total. The third kappa shape index (κ3) is 1.38. The van der Waals surface area contributed by atoms with Crippen LogP contribution in [0.25, 0.3) is 11.0 Å². The van der Waals surface area contributed by atoms with Crippen molar-refractivity contribution in [3.8, 4) is 0 Å². The second kappa shape index (κ2) is 3.10. The van der Waals surface area contributed by atoms with Crippen LogP contribution in [0.5, 0.6) is 0 Å². The molecule has 0 aliphatic heterocycles. The molecule has 0 aliphatic rings. The van der Waals surface area contributed by atoms with Gasteiger partial charge in [0.15, 0.2) is 0 Å². The average Bonchev–Trinajstić information content (AvgIpc) is 2.31. The van der Waals surface area contributed by atoms with E-state index in [9.17, 15) is 4.79 Å². The van der Waals surface area contributed by atoms with Crippen LogP contribution >= 0.6 is 12.4 Å². The van der Waals surface area contributed by atoms with E-state index in [2.05, 4.69) is 15.0 Å². The molecule has 0 bridgehead atoms. The summed E-state index contributed by atoms with van der Waals surface area (Å²) < 4.78 is 0. The third-order valence-corrected chi connectivity index (χ3v) is 1.76. The highest BCUT2D eigenvalue weighted by atomic mass is 35.5. The molecule has 0 aromatic carbocycles. The summed E-state index contributed by atoms with van der Waals surface area (Å²) in [6.07, 6.45) is 1.73. The topological polar surface area (TPSA) is 87.6 Å². The van der Waals surface area contributed by atoms with Gasteiger partial charge < -0.3 is 10.7 Å². The number of halogens is 1. The van der Waals surface area contributed by atoms with Crippen LogP contribution in [0.1, 0.15) is 5.56 Å². The summed E-state index contributed by atoms with van der Waals surface area (Å²) in [5.74, 6) is 0.134. The summed E-state index contributed by atoms with van der Waals surface area (Å²) in [5.41, 5.74) is 6.56. The molecule has 2 heterocycles. The maximum atomic E-state index is 11.3. The number of H-pyrrole nitrogens is 2. The fraction of sp³-hybridized carbons (Fsp3) is 0.143. The number of aryl methyl sites for hydroxylation is 1. The van der Waals surface area contributed by atoms with Crippen LogP contribution in [-0.4, -0.2) is 15.0 Å². The molecule has 0 fully saturated rings. The van der Waals surface area contributed by atoms with Gasteiger partial charge in [0.25, 0.3) is 5.56 Å². The Hall–Kier alpha value is -1.49. The summed E-state index contributed by atoms with van der Waals surface area (Å²) in [6, 6.07) is 0. The molecule has 13 heavy (non-hydrogen) atoms. The molecule has 0 spiro atoms. The van der Waals surface area contributed by atoms with Crippen LogP contribution < -0.4 is 11.3 Å². The molecule has 2 aromatic rings. The van der Waals surface area contributed by atoms with Crippen LogP contribution in [0.2, 0.25) is 0 Å². The lowest BCUT2D eigenvalue weighted by Gasteiger charge is -1.92. The van der Waals surface area contributed by atoms with Gasteiger partial charge in [-0.1, -0.05) is 0 Å². The van der Waals surface area contributed by atoms with E-state index in [0.717, 1.165) is 5.56 Å². The number of hydrogen-bond donors (Lipinski definition) is 3.